The zero-order valence-corrected chi connectivity index (χ0v) is 15.9. The summed E-state index contributed by atoms with van der Waals surface area (Å²) < 4.78 is 13.1. The highest BCUT2D eigenvalue weighted by Crippen LogP contribution is 2.36. The van der Waals surface area contributed by atoms with Gasteiger partial charge in [-0.1, -0.05) is 12.8 Å². The van der Waals surface area contributed by atoms with E-state index >= 15 is 0 Å². The number of carbonyl (C=O) groups excluding carboxylic acids is 2. The number of benzene rings is 1. The van der Waals surface area contributed by atoms with E-state index < -0.39 is 0 Å². The molecule has 2 amide bonds. The van der Waals surface area contributed by atoms with E-state index in [0.717, 1.165) is 32.2 Å². The summed E-state index contributed by atoms with van der Waals surface area (Å²) in [5.74, 6) is 0.671. The normalized spacial score (nSPS) is 26.6. The molecule has 27 heavy (non-hydrogen) atoms. The number of piperidine rings is 2. The van der Waals surface area contributed by atoms with E-state index in [0.29, 0.717) is 36.5 Å². The van der Waals surface area contributed by atoms with Crippen LogP contribution in [0.5, 0.6) is 0 Å². The van der Waals surface area contributed by atoms with Crippen molar-refractivity contribution in [2.24, 2.45) is 11.8 Å². The summed E-state index contributed by atoms with van der Waals surface area (Å²) >= 11 is 0. The molecule has 2 aliphatic heterocycles. The highest BCUT2D eigenvalue weighted by molar-refractivity contribution is 5.94. The fourth-order valence-corrected chi connectivity index (χ4v) is 5.24. The maximum atomic E-state index is 13.2. The van der Waals surface area contributed by atoms with E-state index in [1.807, 2.05) is 0 Å². The minimum absolute atomic E-state index is 0.0444. The molecule has 5 heteroatoms. The van der Waals surface area contributed by atoms with Gasteiger partial charge in [-0.15, -0.1) is 0 Å². The number of halogens is 1. The minimum Gasteiger partial charge on any atom is -0.339 e. The van der Waals surface area contributed by atoms with Gasteiger partial charge in [0.1, 0.15) is 5.82 Å². The van der Waals surface area contributed by atoms with Crippen LogP contribution < -0.4 is 0 Å². The van der Waals surface area contributed by atoms with Gasteiger partial charge in [0.15, 0.2) is 0 Å². The SMILES string of the molecule is O=C(c1ccc(F)cc1)N1CCC(C(=O)N2CCC[C@@H]3CCCC[C@@H]32)CC1. The van der Waals surface area contributed by atoms with E-state index in [1.54, 1.807) is 4.90 Å². The Morgan fingerprint density at radius 2 is 1.52 bits per heavy atom. The van der Waals surface area contributed by atoms with Crippen molar-refractivity contribution in [3.05, 3.63) is 35.6 Å². The second-order valence-electron chi connectivity index (χ2n) is 8.36. The third kappa shape index (κ3) is 3.87. The summed E-state index contributed by atoms with van der Waals surface area (Å²) in [6.45, 7) is 2.12. The number of rotatable bonds is 2. The van der Waals surface area contributed by atoms with Crippen LogP contribution in [0.2, 0.25) is 0 Å². The van der Waals surface area contributed by atoms with Gasteiger partial charge in [-0.05, 0) is 68.7 Å². The van der Waals surface area contributed by atoms with Gasteiger partial charge in [0.05, 0.1) is 0 Å². The van der Waals surface area contributed by atoms with Crippen LogP contribution in [0.25, 0.3) is 0 Å². The van der Waals surface area contributed by atoms with Crippen LogP contribution in [0.15, 0.2) is 24.3 Å². The maximum Gasteiger partial charge on any atom is 0.253 e. The molecular weight excluding hydrogens is 343 g/mol. The van der Waals surface area contributed by atoms with Crippen molar-refractivity contribution in [1.29, 1.82) is 0 Å². The Kier molecular flexibility index (Phi) is 5.46. The third-order valence-corrected chi connectivity index (χ3v) is 6.75. The zero-order chi connectivity index (χ0) is 18.8. The second kappa shape index (κ2) is 7.99. The van der Waals surface area contributed by atoms with Crippen molar-refractivity contribution < 1.29 is 14.0 Å². The lowest BCUT2D eigenvalue weighted by molar-refractivity contribution is -0.143. The molecule has 1 aliphatic carbocycles. The fourth-order valence-electron chi connectivity index (χ4n) is 5.24. The molecule has 0 radical (unpaired) electrons. The number of hydrogen-bond acceptors (Lipinski definition) is 2. The summed E-state index contributed by atoms with van der Waals surface area (Å²) in [4.78, 5) is 29.8. The average molecular weight is 372 g/mol. The molecular formula is C22H29FN2O2. The molecule has 0 aromatic heterocycles. The molecule has 2 atom stereocenters. The van der Waals surface area contributed by atoms with E-state index in [-0.39, 0.29) is 17.6 Å². The number of hydrogen-bond donors (Lipinski definition) is 0. The fraction of sp³-hybridized carbons (Fsp3) is 0.636. The Labute approximate surface area is 160 Å². The monoisotopic (exact) mass is 372 g/mol. The lowest BCUT2D eigenvalue weighted by Crippen LogP contribution is -2.53. The van der Waals surface area contributed by atoms with Crippen molar-refractivity contribution in [3.63, 3.8) is 0 Å². The first-order valence-electron chi connectivity index (χ1n) is 10.5. The third-order valence-electron chi connectivity index (χ3n) is 6.75. The molecule has 1 aromatic carbocycles. The number of fused-ring (bicyclic) bond motifs is 1. The smallest absolute Gasteiger partial charge is 0.253 e. The van der Waals surface area contributed by atoms with Crippen LogP contribution in [0.3, 0.4) is 0 Å². The van der Waals surface area contributed by atoms with Gasteiger partial charge in [-0.2, -0.15) is 0 Å². The van der Waals surface area contributed by atoms with Crippen LogP contribution >= 0.6 is 0 Å². The summed E-state index contributed by atoms with van der Waals surface area (Å²) in [6, 6.07) is 6.16. The second-order valence-corrected chi connectivity index (χ2v) is 8.36. The van der Waals surface area contributed by atoms with Crippen LogP contribution in [-0.2, 0) is 4.79 Å². The van der Waals surface area contributed by atoms with E-state index in [4.69, 9.17) is 0 Å². The van der Waals surface area contributed by atoms with E-state index in [2.05, 4.69) is 4.90 Å². The van der Waals surface area contributed by atoms with Crippen molar-refractivity contribution in [3.8, 4) is 0 Å². The molecule has 2 saturated heterocycles. The molecule has 3 fully saturated rings. The van der Waals surface area contributed by atoms with Gasteiger partial charge >= 0.3 is 0 Å². The average Bonchev–Trinajstić information content (AvgIpc) is 2.73. The molecule has 4 nitrogen and oxygen atoms in total. The number of amides is 2. The Morgan fingerprint density at radius 1 is 0.852 bits per heavy atom. The highest BCUT2D eigenvalue weighted by atomic mass is 19.1. The number of likely N-dealkylation sites (tertiary alicyclic amines) is 2. The summed E-state index contributed by atoms with van der Waals surface area (Å²) in [7, 11) is 0. The zero-order valence-electron chi connectivity index (χ0n) is 15.9. The summed E-state index contributed by atoms with van der Waals surface area (Å²) in [5.41, 5.74) is 0.516. The quantitative estimate of drug-likeness (QED) is 0.791. The first kappa shape index (κ1) is 18.5. The van der Waals surface area contributed by atoms with Gasteiger partial charge in [0.2, 0.25) is 5.91 Å². The van der Waals surface area contributed by atoms with Crippen molar-refractivity contribution >= 4 is 11.8 Å². The van der Waals surface area contributed by atoms with Gasteiger partial charge in [0, 0.05) is 37.2 Å². The van der Waals surface area contributed by atoms with Crippen LogP contribution in [0.4, 0.5) is 4.39 Å². The molecule has 1 aromatic rings. The minimum atomic E-state index is -0.335. The molecule has 0 bridgehead atoms. The van der Waals surface area contributed by atoms with Gasteiger partial charge in [-0.25, -0.2) is 4.39 Å². The molecule has 4 rings (SSSR count). The Balaban J connectivity index is 1.35. The van der Waals surface area contributed by atoms with Crippen LogP contribution in [0, 0.1) is 17.7 Å². The maximum absolute atomic E-state index is 13.2. The van der Waals surface area contributed by atoms with Crippen molar-refractivity contribution in [1.82, 2.24) is 9.80 Å². The van der Waals surface area contributed by atoms with E-state index in [1.165, 1.54) is 49.9 Å². The molecule has 0 spiro atoms. The lowest BCUT2D eigenvalue weighted by Gasteiger charge is -2.46. The molecule has 3 aliphatic rings. The summed E-state index contributed by atoms with van der Waals surface area (Å²) in [6.07, 6.45) is 8.88. The van der Waals surface area contributed by atoms with Crippen molar-refractivity contribution in [2.45, 2.75) is 57.4 Å². The number of carbonyl (C=O) groups is 2. The van der Waals surface area contributed by atoms with Gasteiger partial charge in [0.25, 0.3) is 5.91 Å². The predicted octanol–water partition coefficient (Wildman–Crippen LogP) is 3.86. The Bertz CT molecular complexity index is 680. The molecule has 0 N–H and O–H groups in total. The summed E-state index contributed by atoms with van der Waals surface area (Å²) in [5, 5.41) is 0. The molecule has 1 saturated carbocycles. The predicted molar refractivity (Wildman–Crippen MR) is 102 cm³/mol. The van der Waals surface area contributed by atoms with Crippen LogP contribution in [-0.4, -0.2) is 47.3 Å². The van der Waals surface area contributed by atoms with Crippen molar-refractivity contribution in [2.75, 3.05) is 19.6 Å². The standard InChI is InChI=1S/C22H29FN2O2/c23-19-9-7-17(8-10-19)21(26)24-14-11-18(12-15-24)22(27)25-13-3-5-16-4-1-2-6-20(16)25/h7-10,16,18,20H,1-6,11-15H2/t16-,20-/m0/s1. The van der Waals surface area contributed by atoms with Gasteiger partial charge < -0.3 is 9.80 Å². The first-order chi connectivity index (χ1) is 13.1. The first-order valence-corrected chi connectivity index (χ1v) is 10.5. The highest BCUT2D eigenvalue weighted by Gasteiger charge is 2.39. The van der Waals surface area contributed by atoms with Gasteiger partial charge in [-0.3, -0.25) is 9.59 Å². The van der Waals surface area contributed by atoms with Crippen LogP contribution in [0.1, 0.15) is 61.7 Å². The Morgan fingerprint density at radius 3 is 2.26 bits per heavy atom. The Hall–Kier alpha value is -1.91. The molecule has 146 valence electrons. The van der Waals surface area contributed by atoms with E-state index in [9.17, 15) is 14.0 Å². The molecule has 0 unspecified atom stereocenters. The lowest BCUT2D eigenvalue weighted by atomic mass is 9.77. The largest absolute Gasteiger partial charge is 0.339 e. The molecule has 2 heterocycles. The number of nitrogens with zero attached hydrogens (tertiary/aromatic N) is 2. The topological polar surface area (TPSA) is 40.6 Å².